The summed E-state index contributed by atoms with van der Waals surface area (Å²) in [6, 6.07) is 7.50. The number of nitrogens with zero attached hydrogens (tertiary/aromatic N) is 3. The van der Waals surface area contributed by atoms with E-state index < -0.39 is 0 Å². The molecule has 134 valence electrons. The Hall–Kier alpha value is -1.73. The van der Waals surface area contributed by atoms with Gasteiger partial charge >= 0.3 is 0 Å². The Bertz CT molecular complexity index is 733. The second-order valence-electron chi connectivity index (χ2n) is 6.41. The molecular formula is C17H22ClN5OS. The minimum absolute atomic E-state index is 0.0137. The van der Waals surface area contributed by atoms with Crippen LogP contribution in [0.15, 0.2) is 29.4 Å². The molecule has 2 atom stereocenters. The lowest BCUT2D eigenvalue weighted by molar-refractivity contribution is -0.119. The van der Waals surface area contributed by atoms with Gasteiger partial charge in [0, 0.05) is 16.6 Å². The summed E-state index contributed by atoms with van der Waals surface area (Å²) >= 11 is 7.19. The van der Waals surface area contributed by atoms with Crippen LogP contribution in [0.1, 0.15) is 32.6 Å². The number of amides is 1. The van der Waals surface area contributed by atoms with Crippen molar-refractivity contribution in [3.63, 3.8) is 0 Å². The van der Waals surface area contributed by atoms with Crippen LogP contribution in [0.2, 0.25) is 5.02 Å². The number of hydrogen-bond acceptors (Lipinski definition) is 5. The zero-order chi connectivity index (χ0) is 17.8. The highest BCUT2D eigenvalue weighted by molar-refractivity contribution is 7.99. The molecule has 2 aromatic rings. The van der Waals surface area contributed by atoms with Crippen LogP contribution in [-0.4, -0.2) is 32.6 Å². The van der Waals surface area contributed by atoms with E-state index in [4.69, 9.17) is 17.4 Å². The van der Waals surface area contributed by atoms with Crippen LogP contribution in [0.25, 0.3) is 11.4 Å². The Morgan fingerprint density at radius 2 is 2.04 bits per heavy atom. The smallest absolute Gasteiger partial charge is 0.230 e. The SMILES string of the molecule is C[C@H]1CCCC[C@@H]1NC(=O)CSc1nnc(-c2ccc(Cl)cc2)n1N. The zero-order valence-corrected chi connectivity index (χ0v) is 15.7. The van der Waals surface area contributed by atoms with Gasteiger partial charge in [-0.2, -0.15) is 0 Å². The number of benzene rings is 1. The minimum atomic E-state index is 0.0137. The van der Waals surface area contributed by atoms with Crippen LogP contribution < -0.4 is 11.2 Å². The third-order valence-electron chi connectivity index (χ3n) is 4.56. The average molecular weight is 380 g/mol. The van der Waals surface area contributed by atoms with Gasteiger partial charge in [-0.15, -0.1) is 10.2 Å². The highest BCUT2D eigenvalue weighted by atomic mass is 35.5. The van der Waals surface area contributed by atoms with E-state index in [2.05, 4.69) is 22.4 Å². The molecule has 6 nitrogen and oxygen atoms in total. The predicted octanol–water partition coefficient (Wildman–Crippen LogP) is 3.10. The molecule has 1 fully saturated rings. The van der Waals surface area contributed by atoms with Crippen LogP contribution in [0.4, 0.5) is 0 Å². The van der Waals surface area contributed by atoms with Crippen molar-refractivity contribution in [1.29, 1.82) is 0 Å². The second kappa shape index (κ2) is 8.10. The number of hydrogen-bond donors (Lipinski definition) is 2. The van der Waals surface area contributed by atoms with E-state index in [1.165, 1.54) is 35.7 Å². The van der Waals surface area contributed by atoms with E-state index >= 15 is 0 Å². The van der Waals surface area contributed by atoms with Crippen LogP contribution in [0.5, 0.6) is 0 Å². The molecule has 0 unspecified atom stereocenters. The van der Waals surface area contributed by atoms with Crippen molar-refractivity contribution in [1.82, 2.24) is 20.2 Å². The first kappa shape index (κ1) is 18.1. The van der Waals surface area contributed by atoms with Crippen molar-refractivity contribution >= 4 is 29.3 Å². The number of aromatic nitrogens is 3. The van der Waals surface area contributed by atoms with Crippen molar-refractivity contribution in [3.05, 3.63) is 29.3 Å². The van der Waals surface area contributed by atoms with Crippen LogP contribution in [0.3, 0.4) is 0 Å². The molecule has 1 aromatic heterocycles. The Labute approximate surface area is 156 Å². The van der Waals surface area contributed by atoms with Crippen molar-refractivity contribution in [3.8, 4) is 11.4 Å². The van der Waals surface area contributed by atoms with Gasteiger partial charge in [0.15, 0.2) is 5.82 Å². The van der Waals surface area contributed by atoms with Crippen molar-refractivity contribution < 1.29 is 4.79 Å². The summed E-state index contributed by atoms with van der Waals surface area (Å²) in [5.41, 5.74) is 0.826. The van der Waals surface area contributed by atoms with E-state index in [1.807, 2.05) is 12.1 Å². The standard InChI is InChI=1S/C17H22ClN5OS/c1-11-4-2-3-5-14(11)20-15(24)10-25-17-22-21-16(23(17)19)12-6-8-13(18)9-7-12/h6-9,11,14H,2-5,10,19H2,1H3,(H,20,24)/t11-,14-/m0/s1. The molecule has 0 radical (unpaired) electrons. The van der Waals surface area contributed by atoms with Crippen LogP contribution in [0, 0.1) is 5.92 Å². The van der Waals surface area contributed by atoms with Gasteiger partial charge in [-0.25, -0.2) is 4.68 Å². The number of thioether (sulfide) groups is 1. The maximum Gasteiger partial charge on any atom is 0.230 e. The Morgan fingerprint density at radius 1 is 1.32 bits per heavy atom. The van der Waals surface area contributed by atoms with Gasteiger partial charge in [0.2, 0.25) is 11.1 Å². The predicted molar refractivity (Wildman–Crippen MR) is 101 cm³/mol. The first-order valence-electron chi connectivity index (χ1n) is 8.43. The Kier molecular flexibility index (Phi) is 5.86. The summed E-state index contributed by atoms with van der Waals surface area (Å²) in [6.45, 7) is 2.20. The largest absolute Gasteiger partial charge is 0.352 e. The summed E-state index contributed by atoms with van der Waals surface area (Å²) in [5.74, 6) is 7.44. The van der Waals surface area contributed by atoms with Gasteiger partial charge in [0.1, 0.15) is 0 Å². The summed E-state index contributed by atoms with van der Waals surface area (Å²) in [5, 5.41) is 12.5. The van der Waals surface area contributed by atoms with Gasteiger partial charge in [-0.05, 0) is 43.0 Å². The fraction of sp³-hybridized carbons (Fsp3) is 0.471. The molecule has 1 aliphatic carbocycles. The third-order valence-corrected chi connectivity index (χ3v) is 5.75. The summed E-state index contributed by atoms with van der Waals surface area (Å²) in [4.78, 5) is 12.2. The third kappa shape index (κ3) is 4.46. The molecule has 1 saturated carbocycles. The molecule has 0 bridgehead atoms. The van der Waals surface area contributed by atoms with Gasteiger partial charge in [-0.1, -0.05) is 43.1 Å². The number of nitrogen functional groups attached to an aromatic ring is 1. The topological polar surface area (TPSA) is 85.8 Å². The maximum atomic E-state index is 12.2. The van der Waals surface area contributed by atoms with Crippen LogP contribution in [-0.2, 0) is 4.79 Å². The summed E-state index contributed by atoms with van der Waals surface area (Å²) in [6.07, 6.45) is 4.68. The molecule has 3 rings (SSSR count). The first-order chi connectivity index (χ1) is 12.0. The quantitative estimate of drug-likeness (QED) is 0.615. The number of rotatable bonds is 5. The summed E-state index contributed by atoms with van der Waals surface area (Å²) < 4.78 is 1.41. The first-order valence-corrected chi connectivity index (χ1v) is 9.79. The van der Waals surface area contributed by atoms with E-state index in [0.29, 0.717) is 21.9 Å². The number of nitrogens with two attached hydrogens (primary N) is 1. The molecule has 0 spiro atoms. The van der Waals surface area contributed by atoms with Crippen molar-refractivity contribution in [2.24, 2.45) is 5.92 Å². The molecule has 3 N–H and O–H groups in total. The number of carbonyl (C=O) groups is 1. The van der Waals surface area contributed by atoms with E-state index in [9.17, 15) is 4.79 Å². The van der Waals surface area contributed by atoms with Gasteiger partial charge < -0.3 is 11.2 Å². The lowest BCUT2D eigenvalue weighted by Crippen LogP contribution is -2.41. The van der Waals surface area contributed by atoms with E-state index in [1.54, 1.807) is 12.1 Å². The van der Waals surface area contributed by atoms with Crippen molar-refractivity contribution in [2.45, 2.75) is 43.8 Å². The van der Waals surface area contributed by atoms with Gasteiger partial charge in [0.05, 0.1) is 5.75 Å². The zero-order valence-electron chi connectivity index (χ0n) is 14.1. The lowest BCUT2D eigenvalue weighted by Gasteiger charge is -2.29. The van der Waals surface area contributed by atoms with Crippen LogP contribution >= 0.6 is 23.4 Å². The molecule has 1 aliphatic rings. The molecule has 0 aliphatic heterocycles. The second-order valence-corrected chi connectivity index (χ2v) is 7.79. The molecule has 1 heterocycles. The molecule has 0 saturated heterocycles. The highest BCUT2D eigenvalue weighted by Gasteiger charge is 2.23. The van der Waals surface area contributed by atoms with Gasteiger partial charge in [-0.3, -0.25) is 4.79 Å². The highest BCUT2D eigenvalue weighted by Crippen LogP contribution is 2.25. The fourth-order valence-electron chi connectivity index (χ4n) is 3.08. The monoisotopic (exact) mass is 379 g/mol. The number of nitrogens with one attached hydrogen (secondary N) is 1. The van der Waals surface area contributed by atoms with Crippen molar-refractivity contribution in [2.75, 3.05) is 11.6 Å². The van der Waals surface area contributed by atoms with E-state index in [0.717, 1.165) is 12.0 Å². The normalized spacial score (nSPS) is 20.4. The number of carbonyl (C=O) groups excluding carboxylic acids is 1. The Balaban J connectivity index is 1.58. The molecule has 8 heteroatoms. The average Bonchev–Trinajstić information content (AvgIpc) is 2.97. The fourth-order valence-corrected chi connectivity index (χ4v) is 3.87. The number of halogens is 1. The maximum absolute atomic E-state index is 12.2. The minimum Gasteiger partial charge on any atom is -0.352 e. The Morgan fingerprint density at radius 3 is 2.76 bits per heavy atom. The van der Waals surface area contributed by atoms with Gasteiger partial charge in [0.25, 0.3) is 0 Å². The molecule has 1 amide bonds. The summed E-state index contributed by atoms with van der Waals surface area (Å²) in [7, 11) is 0. The molecule has 1 aromatic carbocycles. The van der Waals surface area contributed by atoms with E-state index in [-0.39, 0.29) is 17.7 Å². The lowest BCUT2D eigenvalue weighted by atomic mass is 9.86. The molecular weight excluding hydrogens is 358 g/mol. The molecule has 25 heavy (non-hydrogen) atoms.